The Labute approximate surface area is 178 Å². The van der Waals surface area contributed by atoms with Gasteiger partial charge in [-0.3, -0.25) is 14.4 Å². The summed E-state index contributed by atoms with van der Waals surface area (Å²) in [5.41, 5.74) is 1.13. The van der Waals surface area contributed by atoms with Gasteiger partial charge in [0.1, 0.15) is 12.2 Å². The normalized spacial score (nSPS) is 10.7. The molecule has 0 unspecified atom stereocenters. The second-order valence-electron chi connectivity index (χ2n) is 6.94. The van der Waals surface area contributed by atoms with Crippen LogP contribution >= 0.6 is 11.6 Å². The molecule has 0 bridgehead atoms. The minimum atomic E-state index is -0.571. The number of rotatable bonds is 6. The van der Waals surface area contributed by atoms with Crippen molar-refractivity contribution in [3.05, 3.63) is 76.0 Å². The quantitative estimate of drug-likeness (QED) is 0.629. The third-order valence-electron chi connectivity index (χ3n) is 4.27. The van der Waals surface area contributed by atoms with Crippen molar-refractivity contribution in [1.29, 1.82) is 0 Å². The number of para-hydroxylation sites is 1. The van der Waals surface area contributed by atoms with Crippen LogP contribution in [0.3, 0.4) is 0 Å². The van der Waals surface area contributed by atoms with Crippen molar-refractivity contribution in [2.24, 2.45) is 5.92 Å². The number of nitrogens with zero attached hydrogens (tertiary/aromatic N) is 2. The molecule has 3 aromatic rings. The Kier molecular flexibility index (Phi) is 6.64. The zero-order valence-corrected chi connectivity index (χ0v) is 17.3. The van der Waals surface area contributed by atoms with Gasteiger partial charge in [0.15, 0.2) is 0 Å². The fourth-order valence-electron chi connectivity index (χ4n) is 2.65. The number of carbonyl (C=O) groups is 2. The Hall–Kier alpha value is -3.45. The van der Waals surface area contributed by atoms with Crippen LogP contribution < -0.4 is 16.2 Å². The Bertz CT molecular complexity index is 1130. The minimum Gasteiger partial charge on any atom is -0.323 e. The van der Waals surface area contributed by atoms with Crippen LogP contribution in [-0.4, -0.2) is 21.6 Å². The third-order valence-corrected chi connectivity index (χ3v) is 4.60. The molecule has 2 amide bonds. The van der Waals surface area contributed by atoms with Crippen molar-refractivity contribution in [3.63, 3.8) is 0 Å². The first kappa shape index (κ1) is 21.3. The van der Waals surface area contributed by atoms with Crippen LogP contribution in [0.1, 0.15) is 13.8 Å². The topological polar surface area (TPSA) is 93.1 Å². The number of anilines is 2. The molecule has 0 saturated heterocycles. The highest BCUT2D eigenvalue weighted by molar-refractivity contribution is 6.33. The molecule has 154 valence electrons. The highest BCUT2D eigenvalue weighted by Gasteiger charge is 2.16. The number of amides is 2. The first-order chi connectivity index (χ1) is 14.3. The molecule has 2 N–H and O–H groups in total. The summed E-state index contributed by atoms with van der Waals surface area (Å²) < 4.78 is 1.03. The molecule has 8 heteroatoms. The number of aromatic nitrogens is 2. The van der Waals surface area contributed by atoms with E-state index in [4.69, 9.17) is 11.6 Å². The smallest absolute Gasteiger partial charge is 0.291 e. The molecule has 0 radical (unpaired) electrons. The number of hydrogen-bond acceptors (Lipinski definition) is 4. The summed E-state index contributed by atoms with van der Waals surface area (Å²) in [6.45, 7) is 3.11. The van der Waals surface area contributed by atoms with E-state index in [-0.39, 0.29) is 24.1 Å². The molecule has 30 heavy (non-hydrogen) atoms. The molecule has 0 saturated carbocycles. The molecule has 0 aliphatic carbocycles. The lowest BCUT2D eigenvalue weighted by atomic mass is 10.1. The van der Waals surface area contributed by atoms with E-state index in [9.17, 15) is 14.4 Å². The van der Waals surface area contributed by atoms with E-state index in [0.717, 1.165) is 10.2 Å². The maximum absolute atomic E-state index is 12.8. The Morgan fingerprint density at radius 3 is 2.33 bits per heavy atom. The summed E-state index contributed by atoms with van der Waals surface area (Å²) in [6, 6.07) is 17.5. The average Bonchev–Trinajstić information content (AvgIpc) is 2.73. The highest BCUT2D eigenvalue weighted by atomic mass is 35.5. The maximum atomic E-state index is 12.8. The summed E-state index contributed by atoms with van der Waals surface area (Å²) in [7, 11) is 0. The van der Waals surface area contributed by atoms with Crippen molar-refractivity contribution < 1.29 is 9.59 Å². The molecule has 0 atom stereocenters. The van der Waals surface area contributed by atoms with E-state index < -0.39 is 11.5 Å². The van der Waals surface area contributed by atoms with Crippen LogP contribution in [0.2, 0.25) is 5.02 Å². The summed E-state index contributed by atoms with van der Waals surface area (Å²) in [4.78, 5) is 37.5. The van der Waals surface area contributed by atoms with E-state index in [2.05, 4.69) is 15.7 Å². The van der Waals surface area contributed by atoms with Crippen molar-refractivity contribution in [3.8, 4) is 11.3 Å². The molecule has 1 aromatic heterocycles. The molecular formula is C22H21ClN4O3. The van der Waals surface area contributed by atoms with Gasteiger partial charge in [0.2, 0.25) is 11.8 Å². The Morgan fingerprint density at radius 2 is 1.67 bits per heavy atom. The molecule has 0 fully saturated rings. The zero-order valence-electron chi connectivity index (χ0n) is 16.6. The Balaban J connectivity index is 1.95. The fraction of sp³-hybridized carbons (Fsp3) is 0.182. The predicted molar refractivity (Wildman–Crippen MR) is 117 cm³/mol. The first-order valence-corrected chi connectivity index (χ1v) is 9.76. The van der Waals surface area contributed by atoms with Crippen LogP contribution in [0.4, 0.5) is 11.4 Å². The van der Waals surface area contributed by atoms with Gasteiger partial charge < -0.3 is 10.6 Å². The maximum Gasteiger partial charge on any atom is 0.291 e. The SMILES string of the molecule is CC(C)C(=O)Nc1cc(-c2ccccc2)nn(CC(=O)Nc2ccccc2Cl)c1=O. The average molecular weight is 425 g/mol. The third kappa shape index (κ3) is 5.12. The molecule has 1 heterocycles. The van der Waals surface area contributed by atoms with Crippen molar-refractivity contribution in [2.45, 2.75) is 20.4 Å². The molecule has 3 rings (SSSR count). The second kappa shape index (κ2) is 9.37. The van der Waals surface area contributed by atoms with Crippen LogP contribution in [0.15, 0.2) is 65.5 Å². The van der Waals surface area contributed by atoms with E-state index in [1.807, 2.05) is 30.3 Å². The van der Waals surface area contributed by atoms with E-state index in [1.165, 1.54) is 6.07 Å². The van der Waals surface area contributed by atoms with Crippen molar-refractivity contribution >= 4 is 34.8 Å². The van der Waals surface area contributed by atoms with Crippen molar-refractivity contribution in [1.82, 2.24) is 9.78 Å². The highest BCUT2D eigenvalue weighted by Crippen LogP contribution is 2.21. The molecule has 0 aliphatic rings. The number of carbonyl (C=O) groups excluding carboxylic acids is 2. The summed E-state index contributed by atoms with van der Waals surface area (Å²) in [6.07, 6.45) is 0. The summed E-state index contributed by atoms with van der Waals surface area (Å²) in [5.74, 6) is -1.08. The number of benzene rings is 2. The van der Waals surface area contributed by atoms with E-state index >= 15 is 0 Å². The fourth-order valence-corrected chi connectivity index (χ4v) is 2.84. The van der Waals surface area contributed by atoms with Gasteiger partial charge >= 0.3 is 0 Å². The lowest BCUT2D eigenvalue weighted by molar-refractivity contribution is -0.119. The van der Waals surface area contributed by atoms with E-state index in [0.29, 0.717) is 16.4 Å². The lowest BCUT2D eigenvalue weighted by Gasteiger charge is -2.13. The van der Waals surface area contributed by atoms with Crippen LogP contribution in [-0.2, 0) is 16.1 Å². The van der Waals surface area contributed by atoms with Gasteiger partial charge in [-0.1, -0.05) is 67.9 Å². The summed E-state index contributed by atoms with van der Waals surface area (Å²) >= 11 is 6.07. The van der Waals surface area contributed by atoms with Gasteiger partial charge in [-0.25, -0.2) is 4.68 Å². The van der Waals surface area contributed by atoms with Gasteiger partial charge in [0.05, 0.1) is 16.4 Å². The number of nitrogens with one attached hydrogen (secondary N) is 2. The largest absolute Gasteiger partial charge is 0.323 e. The molecule has 0 aliphatic heterocycles. The standard InChI is InChI=1S/C22H21ClN4O3/c1-14(2)21(29)25-19-12-18(15-8-4-3-5-9-15)26-27(22(19)30)13-20(28)24-17-11-7-6-10-16(17)23/h3-12,14H,13H2,1-2H3,(H,24,28)(H,25,29). The molecule has 2 aromatic carbocycles. The zero-order chi connectivity index (χ0) is 21.7. The minimum absolute atomic E-state index is 0.0631. The Morgan fingerprint density at radius 1 is 1.00 bits per heavy atom. The van der Waals surface area contributed by atoms with E-state index in [1.54, 1.807) is 38.1 Å². The molecule has 7 nitrogen and oxygen atoms in total. The van der Waals surface area contributed by atoms with Gasteiger partial charge in [0, 0.05) is 11.5 Å². The first-order valence-electron chi connectivity index (χ1n) is 9.38. The van der Waals surface area contributed by atoms with Crippen LogP contribution in [0, 0.1) is 5.92 Å². The summed E-state index contributed by atoms with van der Waals surface area (Å²) in [5, 5.41) is 9.99. The van der Waals surface area contributed by atoms with Gasteiger partial charge in [-0.2, -0.15) is 5.10 Å². The van der Waals surface area contributed by atoms with Crippen LogP contribution in [0.25, 0.3) is 11.3 Å². The monoisotopic (exact) mass is 424 g/mol. The number of hydrogen-bond donors (Lipinski definition) is 2. The van der Waals surface area contributed by atoms with Gasteiger partial charge in [0.25, 0.3) is 5.56 Å². The second-order valence-corrected chi connectivity index (χ2v) is 7.35. The van der Waals surface area contributed by atoms with Crippen molar-refractivity contribution in [2.75, 3.05) is 10.6 Å². The molecule has 0 spiro atoms. The van der Waals surface area contributed by atoms with Gasteiger partial charge in [-0.15, -0.1) is 0 Å². The van der Waals surface area contributed by atoms with Gasteiger partial charge in [-0.05, 0) is 18.2 Å². The lowest BCUT2D eigenvalue weighted by Crippen LogP contribution is -2.33. The predicted octanol–water partition coefficient (Wildman–Crippen LogP) is 3.80. The number of halogens is 1. The molecular weight excluding hydrogens is 404 g/mol. The van der Waals surface area contributed by atoms with Crippen LogP contribution in [0.5, 0.6) is 0 Å².